The standard InChI is InChI=1S/C20H27FN2O/c1-6-13(3)22-20(24)19-14(4)17(7-2)15(5)23(19)12-16-10-8-9-11-18(16)21/h8-11,13H,6-7,12H2,1-5H3,(H,22,24)/t13-/m1/s1. The number of halogens is 1. The molecule has 0 aliphatic heterocycles. The van der Waals surface area contributed by atoms with Gasteiger partial charge in [-0.2, -0.15) is 0 Å². The molecule has 1 atom stereocenters. The van der Waals surface area contributed by atoms with Crippen LogP contribution in [0, 0.1) is 19.7 Å². The van der Waals surface area contributed by atoms with Crippen LogP contribution in [0.5, 0.6) is 0 Å². The summed E-state index contributed by atoms with van der Waals surface area (Å²) in [5.74, 6) is -0.324. The van der Waals surface area contributed by atoms with Crippen LogP contribution in [0.15, 0.2) is 24.3 Å². The summed E-state index contributed by atoms with van der Waals surface area (Å²) in [7, 11) is 0. The number of aromatic nitrogens is 1. The quantitative estimate of drug-likeness (QED) is 0.838. The van der Waals surface area contributed by atoms with Crippen LogP contribution in [-0.2, 0) is 13.0 Å². The van der Waals surface area contributed by atoms with E-state index in [1.165, 1.54) is 11.6 Å². The Bertz CT molecular complexity index is 733. The van der Waals surface area contributed by atoms with Crippen LogP contribution in [0.2, 0.25) is 0 Å². The first-order chi connectivity index (χ1) is 11.4. The zero-order valence-corrected chi connectivity index (χ0v) is 15.2. The van der Waals surface area contributed by atoms with Gasteiger partial charge in [-0.25, -0.2) is 4.39 Å². The van der Waals surface area contributed by atoms with Crippen LogP contribution in [0.4, 0.5) is 4.39 Å². The number of nitrogens with zero attached hydrogens (tertiary/aromatic N) is 1. The normalized spacial score (nSPS) is 12.2. The molecule has 0 saturated heterocycles. The maximum absolute atomic E-state index is 14.1. The Morgan fingerprint density at radius 1 is 1.25 bits per heavy atom. The number of carbonyl (C=O) groups excluding carboxylic acids is 1. The van der Waals surface area contributed by atoms with Crippen molar-refractivity contribution in [3.05, 3.63) is 58.2 Å². The zero-order valence-electron chi connectivity index (χ0n) is 15.2. The van der Waals surface area contributed by atoms with Gasteiger partial charge in [0.05, 0.1) is 6.54 Å². The van der Waals surface area contributed by atoms with E-state index in [0.29, 0.717) is 17.8 Å². The van der Waals surface area contributed by atoms with E-state index in [0.717, 1.165) is 24.1 Å². The van der Waals surface area contributed by atoms with Gasteiger partial charge in [-0.05, 0) is 50.8 Å². The zero-order chi connectivity index (χ0) is 17.9. The average molecular weight is 330 g/mol. The van der Waals surface area contributed by atoms with Crippen molar-refractivity contribution in [1.29, 1.82) is 0 Å². The first-order valence-corrected chi connectivity index (χ1v) is 8.63. The highest BCUT2D eigenvalue weighted by Gasteiger charge is 2.23. The molecule has 24 heavy (non-hydrogen) atoms. The van der Waals surface area contributed by atoms with Crippen LogP contribution in [0.1, 0.15) is 60.1 Å². The third-order valence-electron chi connectivity index (χ3n) is 4.76. The van der Waals surface area contributed by atoms with E-state index in [9.17, 15) is 9.18 Å². The number of rotatable bonds is 6. The molecule has 0 fully saturated rings. The molecule has 0 unspecified atom stereocenters. The summed E-state index contributed by atoms with van der Waals surface area (Å²) in [5.41, 5.74) is 4.43. The molecule has 3 nitrogen and oxygen atoms in total. The number of hydrogen-bond acceptors (Lipinski definition) is 1. The molecule has 4 heteroatoms. The van der Waals surface area contributed by atoms with Crippen molar-refractivity contribution in [3.8, 4) is 0 Å². The molecule has 0 aliphatic carbocycles. The summed E-state index contributed by atoms with van der Waals surface area (Å²) in [6.07, 6.45) is 1.73. The molecule has 1 aromatic heterocycles. The molecule has 130 valence electrons. The minimum Gasteiger partial charge on any atom is -0.348 e. The lowest BCUT2D eigenvalue weighted by molar-refractivity contribution is 0.0929. The molecule has 2 aromatic rings. The van der Waals surface area contributed by atoms with Crippen LogP contribution >= 0.6 is 0 Å². The fourth-order valence-corrected chi connectivity index (χ4v) is 3.15. The van der Waals surface area contributed by atoms with Crippen molar-refractivity contribution < 1.29 is 9.18 Å². The lowest BCUT2D eigenvalue weighted by Gasteiger charge is -2.16. The molecule has 0 saturated carbocycles. The Labute approximate surface area is 143 Å². The van der Waals surface area contributed by atoms with Gasteiger partial charge < -0.3 is 9.88 Å². The number of hydrogen-bond donors (Lipinski definition) is 1. The highest BCUT2D eigenvalue weighted by Crippen LogP contribution is 2.25. The van der Waals surface area contributed by atoms with E-state index in [1.807, 2.05) is 38.3 Å². The van der Waals surface area contributed by atoms with Gasteiger partial charge in [0.2, 0.25) is 0 Å². The van der Waals surface area contributed by atoms with Gasteiger partial charge in [0.25, 0.3) is 5.91 Å². The average Bonchev–Trinajstić information content (AvgIpc) is 2.79. The van der Waals surface area contributed by atoms with Crippen LogP contribution in [0.25, 0.3) is 0 Å². The van der Waals surface area contributed by atoms with Crippen LogP contribution in [0.3, 0.4) is 0 Å². The van der Waals surface area contributed by atoms with Gasteiger partial charge >= 0.3 is 0 Å². The summed E-state index contributed by atoms with van der Waals surface area (Å²) >= 11 is 0. The molecule has 2 rings (SSSR count). The summed E-state index contributed by atoms with van der Waals surface area (Å²) in [6, 6.07) is 6.84. The topological polar surface area (TPSA) is 34.0 Å². The van der Waals surface area contributed by atoms with Crippen molar-refractivity contribution in [3.63, 3.8) is 0 Å². The van der Waals surface area contributed by atoms with Crippen LogP contribution < -0.4 is 5.32 Å². The number of carbonyl (C=O) groups is 1. The predicted molar refractivity (Wildman–Crippen MR) is 96.0 cm³/mol. The monoisotopic (exact) mass is 330 g/mol. The maximum atomic E-state index is 14.1. The number of amides is 1. The lowest BCUT2D eigenvalue weighted by Crippen LogP contribution is -2.34. The number of benzene rings is 1. The van der Waals surface area contributed by atoms with Gasteiger partial charge in [0, 0.05) is 17.3 Å². The lowest BCUT2D eigenvalue weighted by atomic mass is 10.1. The van der Waals surface area contributed by atoms with Crippen molar-refractivity contribution in [1.82, 2.24) is 9.88 Å². The second-order valence-corrected chi connectivity index (χ2v) is 6.35. The minimum absolute atomic E-state index is 0.0824. The fourth-order valence-electron chi connectivity index (χ4n) is 3.15. The highest BCUT2D eigenvalue weighted by molar-refractivity contribution is 5.95. The van der Waals surface area contributed by atoms with E-state index in [-0.39, 0.29) is 17.8 Å². The molecule has 1 heterocycles. The van der Waals surface area contributed by atoms with Crippen molar-refractivity contribution >= 4 is 5.91 Å². The minimum atomic E-state index is -0.241. The Morgan fingerprint density at radius 3 is 2.50 bits per heavy atom. The van der Waals surface area contributed by atoms with Crippen molar-refractivity contribution in [2.45, 2.75) is 60.0 Å². The molecular formula is C20H27FN2O. The summed E-state index contributed by atoms with van der Waals surface area (Å²) in [5, 5.41) is 3.04. The summed E-state index contributed by atoms with van der Waals surface area (Å²) < 4.78 is 16.0. The number of nitrogens with one attached hydrogen (secondary N) is 1. The van der Waals surface area contributed by atoms with Gasteiger partial charge in [0.1, 0.15) is 11.5 Å². The third-order valence-corrected chi connectivity index (χ3v) is 4.76. The predicted octanol–water partition coefficient (Wildman–Crippen LogP) is 4.38. The van der Waals surface area contributed by atoms with Gasteiger partial charge in [0.15, 0.2) is 0 Å². The van der Waals surface area contributed by atoms with Gasteiger partial charge in [-0.15, -0.1) is 0 Å². The smallest absolute Gasteiger partial charge is 0.268 e. The van der Waals surface area contributed by atoms with Crippen molar-refractivity contribution in [2.24, 2.45) is 0 Å². The highest BCUT2D eigenvalue weighted by atomic mass is 19.1. The third kappa shape index (κ3) is 3.53. The fraction of sp³-hybridized carbons (Fsp3) is 0.450. The summed E-state index contributed by atoms with van der Waals surface area (Å²) in [6.45, 7) is 10.5. The second kappa shape index (κ2) is 7.65. The van der Waals surface area contributed by atoms with Crippen LogP contribution in [-0.4, -0.2) is 16.5 Å². The molecule has 0 spiro atoms. The molecule has 1 amide bonds. The van der Waals surface area contributed by atoms with E-state index in [4.69, 9.17) is 0 Å². The first-order valence-electron chi connectivity index (χ1n) is 8.63. The van der Waals surface area contributed by atoms with E-state index in [2.05, 4.69) is 12.2 Å². The molecular weight excluding hydrogens is 303 g/mol. The molecule has 1 aromatic carbocycles. The molecule has 0 bridgehead atoms. The molecule has 0 aliphatic rings. The molecule has 0 radical (unpaired) electrons. The summed E-state index contributed by atoms with van der Waals surface area (Å²) in [4.78, 5) is 12.8. The Hall–Kier alpha value is -2.10. The van der Waals surface area contributed by atoms with E-state index >= 15 is 0 Å². The molecule has 1 N–H and O–H groups in total. The van der Waals surface area contributed by atoms with Gasteiger partial charge in [-0.3, -0.25) is 4.79 Å². The van der Waals surface area contributed by atoms with E-state index in [1.54, 1.807) is 12.1 Å². The SMILES string of the molecule is CCc1c(C)c(C(=O)N[C@H](C)CC)n(Cc2ccccc2F)c1C. The van der Waals surface area contributed by atoms with Gasteiger partial charge in [-0.1, -0.05) is 32.0 Å². The maximum Gasteiger partial charge on any atom is 0.268 e. The largest absolute Gasteiger partial charge is 0.348 e. The Morgan fingerprint density at radius 2 is 1.92 bits per heavy atom. The Balaban J connectivity index is 2.49. The van der Waals surface area contributed by atoms with Crippen molar-refractivity contribution in [2.75, 3.05) is 0 Å². The first kappa shape index (κ1) is 18.2. The second-order valence-electron chi connectivity index (χ2n) is 6.35. The Kier molecular flexibility index (Phi) is 5.81. The van der Waals surface area contributed by atoms with E-state index < -0.39 is 0 Å².